The maximum absolute atomic E-state index is 10.8. The third-order valence-electron chi connectivity index (χ3n) is 2.18. The lowest BCUT2D eigenvalue weighted by molar-refractivity contribution is 0.211. The van der Waals surface area contributed by atoms with Crippen LogP contribution in [-0.2, 0) is 0 Å². The van der Waals surface area contributed by atoms with Gasteiger partial charge in [0.1, 0.15) is 5.75 Å². The number of hydrogen-bond acceptors (Lipinski definition) is 3. The molecule has 1 amide bonds. The molecule has 0 aliphatic carbocycles. The van der Waals surface area contributed by atoms with Gasteiger partial charge in [-0.15, -0.1) is 0 Å². The second-order valence-corrected chi connectivity index (χ2v) is 4.21. The molecule has 2 rings (SSSR count). The van der Waals surface area contributed by atoms with Crippen LogP contribution in [0.1, 0.15) is 5.56 Å². The van der Waals surface area contributed by atoms with E-state index in [1.807, 2.05) is 35.9 Å². The van der Waals surface area contributed by atoms with Gasteiger partial charge in [0.2, 0.25) is 0 Å². The second kappa shape index (κ2) is 4.37. The number of carbonyl (C=O) groups is 1. The van der Waals surface area contributed by atoms with Crippen molar-refractivity contribution in [2.45, 2.75) is 6.92 Å². The number of nitrogens with two attached hydrogens (primary N) is 1. The number of benzene rings is 1. The van der Waals surface area contributed by atoms with Crippen LogP contribution >= 0.6 is 11.3 Å². The summed E-state index contributed by atoms with van der Waals surface area (Å²) in [5.41, 5.74) is 8.06. The van der Waals surface area contributed by atoms with Gasteiger partial charge in [-0.25, -0.2) is 4.79 Å². The molecule has 0 aliphatic heterocycles. The predicted octanol–water partition coefficient (Wildman–Crippen LogP) is 3.18. The van der Waals surface area contributed by atoms with Crippen molar-refractivity contribution in [2.75, 3.05) is 0 Å². The average molecular weight is 233 g/mol. The van der Waals surface area contributed by atoms with Gasteiger partial charge < -0.3 is 10.5 Å². The van der Waals surface area contributed by atoms with Crippen LogP contribution in [0, 0.1) is 6.92 Å². The molecular formula is C12H11NO2S. The van der Waals surface area contributed by atoms with Gasteiger partial charge >= 0.3 is 6.09 Å². The van der Waals surface area contributed by atoms with Crippen LogP contribution < -0.4 is 10.5 Å². The topological polar surface area (TPSA) is 52.3 Å². The van der Waals surface area contributed by atoms with E-state index in [0.29, 0.717) is 5.75 Å². The molecule has 3 nitrogen and oxygen atoms in total. The quantitative estimate of drug-likeness (QED) is 0.866. The number of primary amides is 1. The molecule has 1 aromatic carbocycles. The van der Waals surface area contributed by atoms with Crippen molar-refractivity contribution < 1.29 is 9.53 Å². The minimum Gasteiger partial charge on any atom is -0.410 e. The predicted molar refractivity (Wildman–Crippen MR) is 64.7 cm³/mol. The van der Waals surface area contributed by atoms with Crippen molar-refractivity contribution in [3.05, 3.63) is 40.6 Å². The third-order valence-corrected chi connectivity index (χ3v) is 2.86. The largest absolute Gasteiger partial charge is 0.410 e. The number of thiophene rings is 1. The first-order valence-electron chi connectivity index (χ1n) is 4.77. The zero-order chi connectivity index (χ0) is 11.5. The fraction of sp³-hybridized carbons (Fsp3) is 0.0833. The summed E-state index contributed by atoms with van der Waals surface area (Å²) in [6, 6.07) is 7.59. The first-order valence-corrected chi connectivity index (χ1v) is 5.71. The Bertz CT molecular complexity index is 506. The van der Waals surface area contributed by atoms with E-state index in [1.165, 1.54) is 0 Å². The van der Waals surface area contributed by atoms with E-state index in [9.17, 15) is 4.79 Å². The van der Waals surface area contributed by atoms with Crippen LogP contribution in [0.4, 0.5) is 4.79 Å². The molecule has 0 aliphatic rings. The number of ether oxygens (including phenoxy) is 1. The highest BCUT2D eigenvalue weighted by molar-refractivity contribution is 7.08. The van der Waals surface area contributed by atoms with E-state index in [-0.39, 0.29) is 0 Å². The van der Waals surface area contributed by atoms with E-state index < -0.39 is 6.09 Å². The average Bonchev–Trinajstić information content (AvgIpc) is 2.73. The maximum atomic E-state index is 10.8. The van der Waals surface area contributed by atoms with E-state index in [4.69, 9.17) is 10.5 Å². The van der Waals surface area contributed by atoms with Crippen molar-refractivity contribution >= 4 is 17.4 Å². The standard InChI is InChI=1S/C12H11NO2S/c1-8-2-3-11(15-12(13)14)10(6-8)9-4-5-16-7-9/h2-7H,1H3,(H2,13,14). The Balaban J connectivity index is 2.48. The van der Waals surface area contributed by atoms with Crippen LogP contribution in [-0.4, -0.2) is 6.09 Å². The van der Waals surface area contributed by atoms with Gasteiger partial charge in [-0.1, -0.05) is 11.6 Å². The van der Waals surface area contributed by atoms with Crippen molar-refractivity contribution in [2.24, 2.45) is 5.73 Å². The summed E-state index contributed by atoms with van der Waals surface area (Å²) in [6.07, 6.45) is -0.791. The molecule has 0 unspecified atom stereocenters. The van der Waals surface area contributed by atoms with Gasteiger partial charge in [-0.3, -0.25) is 0 Å². The SMILES string of the molecule is Cc1ccc(OC(N)=O)c(-c2ccsc2)c1. The molecule has 1 aromatic heterocycles. The normalized spacial score (nSPS) is 10.1. The Morgan fingerprint density at radius 2 is 2.19 bits per heavy atom. The lowest BCUT2D eigenvalue weighted by Crippen LogP contribution is -2.16. The molecule has 2 aromatic rings. The molecule has 0 saturated heterocycles. The minimum atomic E-state index is -0.791. The summed E-state index contributed by atoms with van der Waals surface area (Å²) in [7, 11) is 0. The van der Waals surface area contributed by atoms with Gasteiger partial charge in [0, 0.05) is 5.56 Å². The van der Waals surface area contributed by atoms with Crippen molar-refractivity contribution in [1.82, 2.24) is 0 Å². The lowest BCUT2D eigenvalue weighted by Gasteiger charge is -2.08. The van der Waals surface area contributed by atoms with Crippen LogP contribution in [0.25, 0.3) is 11.1 Å². The number of rotatable bonds is 2. The minimum absolute atomic E-state index is 0.497. The Kier molecular flexibility index (Phi) is 2.92. The fourth-order valence-corrected chi connectivity index (χ4v) is 2.14. The van der Waals surface area contributed by atoms with Gasteiger partial charge in [-0.2, -0.15) is 11.3 Å². The van der Waals surface area contributed by atoms with E-state index in [2.05, 4.69) is 0 Å². The Labute approximate surface area is 97.5 Å². The monoisotopic (exact) mass is 233 g/mol. The summed E-state index contributed by atoms with van der Waals surface area (Å²) in [4.78, 5) is 10.8. The number of hydrogen-bond donors (Lipinski definition) is 1. The van der Waals surface area contributed by atoms with Crippen molar-refractivity contribution in [3.63, 3.8) is 0 Å². The third kappa shape index (κ3) is 2.23. The number of carbonyl (C=O) groups excluding carboxylic acids is 1. The van der Waals surface area contributed by atoms with Gasteiger partial charge in [-0.05, 0) is 41.4 Å². The fourth-order valence-electron chi connectivity index (χ4n) is 1.48. The molecule has 0 fully saturated rings. The van der Waals surface area contributed by atoms with Crippen LogP contribution in [0.5, 0.6) is 5.75 Å². The molecule has 2 N–H and O–H groups in total. The van der Waals surface area contributed by atoms with Gasteiger partial charge in [0.15, 0.2) is 0 Å². The van der Waals surface area contributed by atoms with E-state index in [0.717, 1.165) is 16.7 Å². The maximum Gasteiger partial charge on any atom is 0.409 e. The van der Waals surface area contributed by atoms with Crippen LogP contribution in [0.15, 0.2) is 35.0 Å². The Morgan fingerprint density at radius 1 is 1.38 bits per heavy atom. The zero-order valence-electron chi connectivity index (χ0n) is 8.77. The molecule has 0 saturated carbocycles. The highest BCUT2D eigenvalue weighted by Crippen LogP contribution is 2.32. The summed E-state index contributed by atoms with van der Waals surface area (Å²) in [5.74, 6) is 0.497. The highest BCUT2D eigenvalue weighted by atomic mass is 32.1. The molecule has 1 heterocycles. The Morgan fingerprint density at radius 3 is 2.81 bits per heavy atom. The molecular weight excluding hydrogens is 222 g/mol. The molecule has 0 spiro atoms. The number of aryl methyl sites for hydroxylation is 1. The highest BCUT2D eigenvalue weighted by Gasteiger charge is 2.09. The zero-order valence-corrected chi connectivity index (χ0v) is 9.58. The molecule has 4 heteroatoms. The summed E-state index contributed by atoms with van der Waals surface area (Å²) in [5, 5.41) is 3.98. The Hall–Kier alpha value is -1.81. The molecule has 0 bridgehead atoms. The van der Waals surface area contributed by atoms with Crippen LogP contribution in [0.2, 0.25) is 0 Å². The first-order chi connectivity index (χ1) is 7.66. The molecule has 82 valence electrons. The summed E-state index contributed by atoms with van der Waals surface area (Å²) < 4.78 is 4.97. The van der Waals surface area contributed by atoms with Crippen molar-refractivity contribution in [1.29, 1.82) is 0 Å². The molecule has 16 heavy (non-hydrogen) atoms. The first kappa shape index (κ1) is 10.7. The number of amides is 1. The van der Waals surface area contributed by atoms with Crippen molar-refractivity contribution in [3.8, 4) is 16.9 Å². The lowest BCUT2D eigenvalue weighted by atomic mass is 10.1. The summed E-state index contributed by atoms with van der Waals surface area (Å²) in [6.45, 7) is 1.99. The summed E-state index contributed by atoms with van der Waals surface area (Å²) >= 11 is 1.60. The molecule has 0 radical (unpaired) electrons. The van der Waals surface area contributed by atoms with Gasteiger partial charge in [0.05, 0.1) is 0 Å². The van der Waals surface area contributed by atoms with Gasteiger partial charge in [0.25, 0.3) is 0 Å². The molecule has 0 atom stereocenters. The van der Waals surface area contributed by atoms with E-state index in [1.54, 1.807) is 17.4 Å². The smallest absolute Gasteiger partial charge is 0.409 e. The van der Waals surface area contributed by atoms with Crippen LogP contribution in [0.3, 0.4) is 0 Å². The van der Waals surface area contributed by atoms with E-state index >= 15 is 0 Å². The second-order valence-electron chi connectivity index (χ2n) is 3.43.